The molecule has 3 nitrogen and oxygen atoms in total. The summed E-state index contributed by atoms with van der Waals surface area (Å²) in [5.41, 5.74) is 2.40. The van der Waals surface area contributed by atoms with Crippen molar-refractivity contribution in [1.82, 2.24) is 0 Å². The van der Waals surface area contributed by atoms with Crippen molar-refractivity contribution in [2.24, 2.45) is 0 Å². The molecule has 0 radical (unpaired) electrons. The minimum Gasteiger partial charge on any atom is -0.481 e. The molecule has 0 saturated carbocycles. The van der Waals surface area contributed by atoms with Crippen LogP contribution in [-0.4, -0.2) is 11.1 Å². The van der Waals surface area contributed by atoms with Crippen molar-refractivity contribution in [2.45, 2.75) is 32.1 Å². The zero-order valence-electron chi connectivity index (χ0n) is 13.6. The molecule has 0 fully saturated rings. The van der Waals surface area contributed by atoms with E-state index in [1.807, 2.05) is 12.2 Å². The number of carboxylic acids is 1. The van der Waals surface area contributed by atoms with Gasteiger partial charge >= 0.3 is 5.97 Å². The molecule has 0 aliphatic heterocycles. The predicted octanol–water partition coefficient (Wildman–Crippen LogP) is 5.17. The van der Waals surface area contributed by atoms with Gasteiger partial charge in [-0.1, -0.05) is 12.1 Å². The van der Waals surface area contributed by atoms with Crippen molar-refractivity contribution in [3.8, 4) is 5.75 Å². The molecule has 5 heteroatoms. The molecule has 3 rings (SSSR count). The zero-order chi connectivity index (χ0) is 17.8. The quantitative estimate of drug-likeness (QED) is 0.802. The SMILES string of the molecule is O=C(O)Cc1cccc(OC2=CCCC(C3=CC(F)=C(F)CC3)=C2)c1. The van der Waals surface area contributed by atoms with Gasteiger partial charge in [-0.25, -0.2) is 8.78 Å². The minimum absolute atomic E-state index is 0.0681. The topological polar surface area (TPSA) is 46.5 Å². The maximum Gasteiger partial charge on any atom is 0.307 e. The summed E-state index contributed by atoms with van der Waals surface area (Å²) < 4.78 is 32.5. The Balaban J connectivity index is 1.76. The van der Waals surface area contributed by atoms with E-state index in [-0.39, 0.29) is 12.8 Å². The van der Waals surface area contributed by atoms with Crippen LogP contribution < -0.4 is 4.74 Å². The van der Waals surface area contributed by atoms with Crippen LogP contribution in [-0.2, 0) is 11.2 Å². The van der Waals surface area contributed by atoms with Crippen molar-refractivity contribution in [1.29, 1.82) is 0 Å². The number of carboxylic acid groups (broad SMARTS) is 1. The Hall–Kier alpha value is -2.69. The Bertz CT molecular complexity index is 816. The fraction of sp³-hybridized carbons (Fsp3) is 0.250. The second kappa shape index (κ2) is 7.47. The number of carbonyl (C=O) groups is 1. The smallest absolute Gasteiger partial charge is 0.307 e. The summed E-state index contributed by atoms with van der Waals surface area (Å²) in [5, 5.41) is 8.87. The number of aliphatic carboxylic acids is 1. The summed E-state index contributed by atoms with van der Waals surface area (Å²) in [5.74, 6) is -1.20. The highest BCUT2D eigenvalue weighted by Gasteiger charge is 2.18. The molecule has 25 heavy (non-hydrogen) atoms. The number of ether oxygens (including phenoxy) is 1. The van der Waals surface area contributed by atoms with E-state index in [1.54, 1.807) is 24.3 Å². The molecule has 1 N–H and O–H groups in total. The fourth-order valence-electron chi connectivity index (χ4n) is 2.95. The van der Waals surface area contributed by atoms with Crippen LogP contribution in [0, 0.1) is 0 Å². The van der Waals surface area contributed by atoms with E-state index in [1.165, 1.54) is 6.08 Å². The monoisotopic (exact) mass is 344 g/mol. The van der Waals surface area contributed by atoms with Crippen molar-refractivity contribution in [3.63, 3.8) is 0 Å². The van der Waals surface area contributed by atoms with Crippen molar-refractivity contribution >= 4 is 5.97 Å². The number of allylic oxidation sites excluding steroid dienone is 7. The van der Waals surface area contributed by atoms with Gasteiger partial charge in [-0.2, -0.15) is 0 Å². The van der Waals surface area contributed by atoms with Crippen LogP contribution in [0.15, 0.2) is 71.1 Å². The summed E-state index contributed by atoms with van der Waals surface area (Å²) >= 11 is 0. The van der Waals surface area contributed by atoms with Gasteiger partial charge in [-0.3, -0.25) is 4.79 Å². The van der Waals surface area contributed by atoms with E-state index in [4.69, 9.17) is 9.84 Å². The average molecular weight is 344 g/mol. The summed E-state index contributed by atoms with van der Waals surface area (Å²) in [6.45, 7) is 0. The maximum atomic E-state index is 13.5. The van der Waals surface area contributed by atoms with E-state index in [0.29, 0.717) is 23.5 Å². The Morgan fingerprint density at radius 1 is 1.12 bits per heavy atom. The van der Waals surface area contributed by atoms with Crippen LogP contribution >= 0.6 is 0 Å². The third kappa shape index (κ3) is 4.44. The summed E-state index contributed by atoms with van der Waals surface area (Å²) in [4.78, 5) is 10.8. The number of hydrogen-bond donors (Lipinski definition) is 1. The lowest BCUT2D eigenvalue weighted by atomic mass is 9.90. The van der Waals surface area contributed by atoms with Gasteiger partial charge < -0.3 is 9.84 Å². The lowest BCUT2D eigenvalue weighted by molar-refractivity contribution is -0.136. The number of hydrogen-bond acceptors (Lipinski definition) is 2. The van der Waals surface area contributed by atoms with Crippen LogP contribution in [0.25, 0.3) is 0 Å². The molecular formula is C20H18F2O3. The minimum atomic E-state index is -0.900. The molecule has 0 unspecified atom stereocenters. The largest absolute Gasteiger partial charge is 0.481 e. The van der Waals surface area contributed by atoms with Crippen LogP contribution in [0.4, 0.5) is 8.78 Å². The number of benzene rings is 1. The average Bonchev–Trinajstić information content (AvgIpc) is 2.57. The van der Waals surface area contributed by atoms with Crippen LogP contribution in [0.1, 0.15) is 31.2 Å². The normalized spacial score (nSPS) is 17.6. The molecule has 0 saturated heterocycles. The summed E-state index contributed by atoms with van der Waals surface area (Å²) in [6.07, 6.45) is 7.05. The first-order chi connectivity index (χ1) is 12.0. The van der Waals surface area contributed by atoms with Gasteiger partial charge in [0, 0.05) is 6.42 Å². The highest BCUT2D eigenvalue weighted by atomic mass is 19.2. The Kier molecular flexibility index (Phi) is 5.12. The summed E-state index contributed by atoms with van der Waals surface area (Å²) in [7, 11) is 0. The zero-order valence-corrected chi connectivity index (χ0v) is 13.6. The fourth-order valence-corrected chi connectivity index (χ4v) is 2.95. The van der Waals surface area contributed by atoms with E-state index < -0.39 is 17.6 Å². The predicted molar refractivity (Wildman–Crippen MR) is 90.4 cm³/mol. The van der Waals surface area contributed by atoms with Crippen molar-refractivity contribution in [3.05, 3.63) is 76.6 Å². The van der Waals surface area contributed by atoms with Crippen LogP contribution in [0.5, 0.6) is 5.75 Å². The number of rotatable bonds is 5. The highest BCUT2D eigenvalue weighted by molar-refractivity contribution is 5.70. The van der Waals surface area contributed by atoms with Gasteiger partial charge in [0.25, 0.3) is 0 Å². The third-order valence-corrected chi connectivity index (χ3v) is 4.15. The van der Waals surface area contributed by atoms with Crippen molar-refractivity contribution in [2.75, 3.05) is 0 Å². The molecule has 0 spiro atoms. The highest BCUT2D eigenvalue weighted by Crippen LogP contribution is 2.34. The Morgan fingerprint density at radius 3 is 2.68 bits per heavy atom. The molecule has 0 amide bonds. The lowest BCUT2D eigenvalue weighted by Crippen LogP contribution is -2.04. The standard InChI is InChI=1S/C20H18F2O3/c21-18-8-7-15(12-19(18)22)14-4-2-6-17(11-14)25-16-5-1-3-13(9-16)10-20(23)24/h1,3,5-6,9,11-12H,2,4,7-8,10H2,(H,23,24). The lowest BCUT2D eigenvalue weighted by Gasteiger charge is -2.19. The maximum absolute atomic E-state index is 13.5. The van der Waals surface area contributed by atoms with E-state index in [2.05, 4.69) is 0 Å². The second-order valence-electron chi connectivity index (χ2n) is 6.06. The summed E-state index contributed by atoms with van der Waals surface area (Å²) in [6, 6.07) is 6.92. The van der Waals surface area contributed by atoms with Gasteiger partial charge in [-0.15, -0.1) is 0 Å². The molecule has 130 valence electrons. The molecule has 1 aromatic carbocycles. The molecule has 0 aromatic heterocycles. The first-order valence-electron chi connectivity index (χ1n) is 8.15. The molecule has 0 atom stereocenters. The number of halogens is 2. The Morgan fingerprint density at radius 2 is 1.92 bits per heavy atom. The van der Waals surface area contributed by atoms with E-state index >= 15 is 0 Å². The molecule has 1 aromatic rings. The first-order valence-corrected chi connectivity index (χ1v) is 8.15. The molecule has 2 aliphatic rings. The first kappa shape index (κ1) is 17.1. The van der Waals surface area contributed by atoms with Crippen LogP contribution in [0.2, 0.25) is 0 Å². The van der Waals surface area contributed by atoms with E-state index in [9.17, 15) is 13.6 Å². The van der Waals surface area contributed by atoms with Crippen LogP contribution in [0.3, 0.4) is 0 Å². The van der Waals surface area contributed by atoms with Gasteiger partial charge in [0.05, 0.1) is 6.42 Å². The molecule has 2 aliphatic carbocycles. The van der Waals surface area contributed by atoms with Gasteiger partial charge in [0.1, 0.15) is 17.3 Å². The van der Waals surface area contributed by atoms with Gasteiger partial charge in [0.2, 0.25) is 0 Å². The Labute approximate surface area is 144 Å². The van der Waals surface area contributed by atoms with Gasteiger partial charge in [-0.05, 0) is 66.3 Å². The van der Waals surface area contributed by atoms with Crippen molar-refractivity contribution < 1.29 is 23.4 Å². The molecule has 0 bridgehead atoms. The van der Waals surface area contributed by atoms with Gasteiger partial charge in [0.15, 0.2) is 5.83 Å². The molecular weight excluding hydrogens is 326 g/mol. The van der Waals surface area contributed by atoms with E-state index in [0.717, 1.165) is 24.0 Å². The third-order valence-electron chi connectivity index (χ3n) is 4.15. The second-order valence-corrected chi connectivity index (χ2v) is 6.06. The molecule has 0 heterocycles.